The molecule has 1 rings (SSSR count). The molecule has 0 aliphatic carbocycles. The SMILES string of the molecule is CC(C)(C)OC(=O)NCCC=Cc1ccc(C(=O)CCC(=O)O)s1. The molecule has 1 amide bonds. The molecule has 7 heteroatoms. The Morgan fingerprint density at radius 1 is 1.25 bits per heavy atom. The van der Waals surface area contributed by atoms with Gasteiger partial charge in [-0.2, -0.15) is 0 Å². The predicted molar refractivity (Wildman–Crippen MR) is 93.4 cm³/mol. The second-order valence-corrected chi connectivity index (χ2v) is 7.25. The van der Waals surface area contributed by atoms with E-state index >= 15 is 0 Å². The molecule has 0 aromatic carbocycles. The molecule has 132 valence electrons. The van der Waals surface area contributed by atoms with Crippen molar-refractivity contribution < 1.29 is 24.2 Å². The van der Waals surface area contributed by atoms with Crippen LogP contribution in [0.4, 0.5) is 4.79 Å². The highest BCUT2D eigenvalue weighted by atomic mass is 32.1. The van der Waals surface area contributed by atoms with Gasteiger partial charge in [0.25, 0.3) is 0 Å². The first kappa shape index (κ1) is 19.9. The Labute approximate surface area is 145 Å². The van der Waals surface area contributed by atoms with Gasteiger partial charge >= 0.3 is 12.1 Å². The molecule has 1 aromatic heterocycles. The number of thiophene rings is 1. The molecule has 6 nitrogen and oxygen atoms in total. The van der Waals surface area contributed by atoms with E-state index in [0.717, 1.165) is 4.88 Å². The maximum atomic E-state index is 11.8. The summed E-state index contributed by atoms with van der Waals surface area (Å²) in [7, 11) is 0. The fraction of sp³-hybridized carbons (Fsp3) is 0.471. The molecule has 0 unspecified atom stereocenters. The molecule has 0 bridgehead atoms. The van der Waals surface area contributed by atoms with Crippen LogP contribution in [0.1, 0.15) is 54.6 Å². The second kappa shape index (κ2) is 9.22. The molecule has 0 saturated heterocycles. The molecule has 0 fully saturated rings. The first-order chi connectivity index (χ1) is 11.2. The first-order valence-electron chi connectivity index (χ1n) is 7.65. The molecule has 0 saturated carbocycles. The summed E-state index contributed by atoms with van der Waals surface area (Å²) in [6.45, 7) is 5.87. The number of aliphatic carboxylic acids is 1. The number of ketones is 1. The molecular formula is C17H23NO5S. The topological polar surface area (TPSA) is 92.7 Å². The summed E-state index contributed by atoms with van der Waals surface area (Å²) >= 11 is 1.32. The predicted octanol–water partition coefficient (Wildman–Crippen LogP) is 3.72. The minimum atomic E-state index is -0.975. The highest BCUT2D eigenvalue weighted by molar-refractivity contribution is 7.14. The van der Waals surface area contributed by atoms with Crippen LogP contribution in [-0.2, 0) is 9.53 Å². The fourth-order valence-electron chi connectivity index (χ4n) is 1.71. The Kier molecular flexibility index (Phi) is 7.64. The number of alkyl carbamates (subject to hydrolysis) is 1. The molecule has 2 N–H and O–H groups in total. The lowest BCUT2D eigenvalue weighted by Gasteiger charge is -2.19. The van der Waals surface area contributed by atoms with E-state index in [-0.39, 0.29) is 18.6 Å². The number of carboxylic acids is 1. The Bertz CT molecular complexity index is 613. The van der Waals surface area contributed by atoms with Gasteiger partial charge in [0, 0.05) is 17.8 Å². The van der Waals surface area contributed by atoms with E-state index in [1.807, 2.05) is 18.2 Å². The van der Waals surface area contributed by atoms with Gasteiger partial charge in [-0.05, 0) is 45.4 Å². The third-order valence-electron chi connectivity index (χ3n) is 2.73. The maximum Gasteiger partial charge on any atom is 0.407 e. The number of carbonyl (C=O) groups is 3. The molecule has 0 radical (unpaired) electrons. The van der Waals surface area contributed by atoms with Gasteiger partial charge in [0.05, 0.1) is 11.3 Å². The van der Waals surface area contributed by atoms with E-state index in [2.05, 4.69) is 5.32 Å². The van der Waals surface area contributed by atoms with Crippen molar-refractivity contribution in [2.75, 3.05) is 6.54 Å². The van der Waals surface area contributed by atoms with Gasteiger partial charge in [-0.3, -0.25) is 9.59 Å². The molecule has 0 atom stereocenters. The summed E-state index contributed by atoms with van der Waals surface area (Å²) in [5.41, 5.74) is -0.513. The highest BCUT2D eigenvalue weighted by Gasteiger charge is 2.15. The number of Topliss-reactive ketones (excluding diaryl/α,β-unsaturated/α-hetero) is 1. The zero-order valence-electron chi connectivity index (χ0n) is 14.1. The van der Waals surface area contributed by atoms with E-state index in [0.29, 0.717) is 17.8 Å². The minimum absolute atomic E-state index is 0.0127. The smallest absolute Gasteiger partial charge is 0.407 e. The lowest BCUT2D eigenvalue weighted by molar-refractivity contribution is -0.136. The molecule has 24 heavy (non-hydrogen) atoms. The minimum Gasteiger partial charge on any atom is -0.481 e. The van der Waals surface area contributed by atoms with E-state index < -0.39 is 17.7 Å². The van der Waals surface area contributed by atoms with Crippen LogP contribution in [0.15, 0.2) is 18.2 Å². The van der Waals surface area contributed by atoms with Crippen molar-refractivity contribution in [2.45, 2.75) is 45.6 Å². The monoisotopic (exact) mass is 353 g/mol. The van der Waals surface area contributed by atoms with Gasteiger partial charge in [-0.1, -0.05) is 6.08 Å². The third-order valence-corrected chi connectivity index (χ3v) is 3.82. The normalized spacial score (nSPS) is 11.5. The molecule has 0 aliphatic heterocycles. The molecule has 1 aromatic rings. The van der Waals surface area contributed by atoms with Gasteiger partial charge in [-0.15, -0.1) is 11.3 Å². The van der Waals surface area contributed by atoms with Crippen LogP contribution in [0.5, 0.6) is 0 Å². The Hall–Kier alpha value is -2.15. The summed E-state index contributed by atoms with van der Waals surface area (Å²) in [5, 5.41) is 11.2. The van der Waals surface area contributed by atoms with E-state index in [4.69, 9.17) is 9.84 Å². The molecule has 1 heterocycles. The van der Waals surface area contributed by atoms with E-state index in [9.17, 15) is 14.4 Å². The van der Waals surface area contributed by atoms with Gasteiger partial charge in [-0.25, -0.2) is 4.79 Å². The fourth-order valence-corrected chi connectivity index (χ4v) is 2.61. The van der Waals surface area contributed by atoms with Crippen molar-refractivity contribution >= 4 is 35.3 Å². The van der Waals surface area contributed by atoms with Crippen molar-refractivity contribution in [3.05, 3.63) is 28.0 Å². The quantitative estimate of drug-likeness (QED) is 0.549. The standard InChI is InChI=1S/C17H23NO5S/c1-17(2,3)23-16(22)18-11-5-4-6-12-7-9-14(24-12)13(19)8-10-15(20)21/h4,6-7,9H,5,8,10-11H2,1-3H3,(H,18,22)(H,20,21). The van der Waals surface area contributed by atoms with Crippen LogP contribution in [-0.4, -0.2) is 35.1 Å². The average Bonchev–Trinajstić information content (AvgIpc) is 2.91. The third kappa shape index (κ3) is 8.47. The summed E-state index contributed by atoms with van der Waals surface area (Å²) < 4.78 is 5.12. The van der Waals surface area contributed by atoms with Crippen LogP contribution in [0.3, 0.4) is 0 Å². The number of carbonyl (C=O) groups excluding carboxylic acids is 2. The second-order valence-electron chi connectivity index (χ2n) is 6.14. The summed E-state index contributed by atoms with van der Waals surface area (Å²) in [5.74, 6) is -1.13. The molecular weight excluding hydrogens is 330 g/mol. The maximum absolute atomic E-state index is 11.8. The first-order valence-corrected chi connectivity index (χ1v) is 8.47. The molecule has 0 spiro atoms. The van der Waals surface area contributed by atoms with E-state index in [1.165, 1.54) is 11.3 Å². The number of ether oxygens (including phenoxy) is 1. The Balaban J connectivity index is 2.34. The van der Waals surface area contributed by atoms with Crippen molar-refractivity contribution in [1.82, 2.24) is 5.32 Å². The number of rotatable bonds is 8. The van der Waals surface area contributed by atoms with Crippen LogP contribution in [0.2, 0.25) is 0 Å². The Morgan fingerprint density at radius 3 is 2.58 bits per heavy atom. The number of carboxylic acid groups (broad SMARTS) is 1. The lowest BCUT2D eigenvalue weighted by atomic mass is 10.2. The van der Waals surface area contributed by atoms with Crippen molar-refractivity contribution in [1.29, 1.82) is 0 Å². The summed E-state index contributed by atoms with van der Waals surface area (Å²) in [6.07, 6.45) is 3.82. The van der Waals surface area contributed by atoms with Gasteiger partial charge in [0.2, 0.25) is 0 Å². The van der Waals surface area contributed by atoms with Crippen LogP contribution >= 0.6 is 11.3 Å². The van der Waals surface area contributed by atoms with E-state index in [1.54, 1.807) is 26.8 Å². The zero-order chi connectivity index (χ0) is 18.2. The number of nitrogens with one attached hydrogen (secondary N) is 1. The number of amides is 1. The zero-order valence-corrected chi connectivity index (χ0v) is 14.9. The van der Waals surface area contributed by atoms with Crippen molar-refractivity contribution in [2.24, 2.45) is 0 Å². The number of hydrogen-bond acceptors (Lipinski definition) is 5. The van der Waals surface area contributed by atoms with Crippen LogP contribution in [0, 0.1) is 0 Å². The van der Waals surface area contributed by atoms with Crippen LogP contribution < -0.4 is 5.32 Å². The summed E-state index contributed by atoms with van der Waals surface area (Å²) in [6, 6.07) is 3.52. The van der Waals surface area contributed by atoms with Crippen LogP contribution in [0.25, 0.3) is 6.08 Å². The van der Waals surface area contributed by atoms with Crippen molar-refractivity contribution in [3.8, 4) is 0 Å². The number of hydrogen-bond donors (Lipinski definition) is 2. The molecule has 0 aliphatic rings. The lowest BCUT2D eigenvalue weighted by Crippen LogP contribution is -2.32. The summed E-state index contributed by atoms with van der Waals surface area (Å²) in [4.78, 5) is 35.2. The Morgan fingerprint density at radius 2 is 1.96 bits per heavy atom. The average molecular weight is 353 g/mol. The van der Waals surface area contributed by atoms with Gasteiger partial charge in [0.1, 0.15) is 5.60 Å². The highest BCUT2D eigenvalue weighted by Crippen LogP contribution is 2.20. The van der Waals surface area contributed by atoms with Gasteiger partial charge < -0.3 is 15.2 Å². The van der Waals surface area contributed by atoms with Crippen molar-refractivity contribution in [3.63, 3.8) is 0 Å². The largest absolute Gasteiger partial charge is 0.481 e. The van der Waals surface area contributed by atoms with Gasteiger partial charge in [0.15, 0.2) is 5.78 Å².